The summed E-state index contributed by atoms with van der Waals surface area (Å²) in [6.45, 7) is 7.88. The first-order valence-electron chi connectivity index (χ1n) is 6.85. The lowest BCUT2D eigenvalue weighted by Gasteiger charge is -2.36. The minimum atomic E-state index is -0.132. The molecular weight excluding hydrogens is 230 g/mol. The van der Waals surface area contributed by atoms with Crippen LogP contribution in [0.1, 0.15) is 33.6 Å². The van der Waals surface area contributed by atoms with Crippen LogP contribution >= 0.6 is 0 Å². The van der Waals surface area contributed by atoms with Crippen molar-refractivity contribution in [3.05, 3.63) is 0 Å². The minimum absolute atomic E-state index is 0.104. The third-order valence-corrected chi connectivity index (χ3v) is 4.20. The molecule has 106 valence electrons. The number of methoxy groups -OCH3 is 2. The molecule has 1 rings (SSSR count). The van der Waals surface area contributed by atoms with Crippen LogP contribution in [0.5, 0.6) is 0 Å². The maximum absolute atomic E-state index is 11.7. The molecule has 0 radical (unpaired) electrons. The van der Waals surface area contributed by atoms with Crippen LogP contribution in [0.2, 0.25) is 0 Å². The molecule has 3 unspecified atom stereocenters. The Bertz CT molecular complexity index is 266. The number of carbonyl (C=O) groups excluding carboxylic acids is 1. The highest BCUT2D eigenvalue weighted by molar-refractivity contribution is 5.72. The Kier molecular flexibility index (Phi) is 6.09. The van der Waals surface area contributed by atoms with Gasteiger partial charge in [-0.15, -0.1) is 0 Å². The predicted molar refractivity (Wildman–Crippen MR) is 71.4 cm³/mol. The van der Waals surface area contributed by atoms with Crippen molar-refractivity contribution in [3.63, 3.8) is 0 Å². The average Bonchev–Trinajstić information content (AvgIpc) is 3.20. The van der Waals surface area contributed by atoms with Crippen LogP contribution in [-0.2, 0) is 14.3 Å². The third-order valence-electron chi connectivity index (χ3n) is 4.20. The van der Waals surface area contributed by atoms with E-state index in [0.717, 1.165) is 12.5 Å². The van der Waals surface area contributed by atoms with E-state index >= 15 is 0 Å². The standard InChI is InChI=1S/C14H27NO3/c1-10(14(16)18-5)11(2)15(8-9-17-4)12(3)13-6-7-13/h10-13H,6-9H2,1-5H3. The van der Waals surface area contributed by atoms with Crippen LogP contribution in [0.15, 0.2) is 0 Å². The van der Waals surface area contributed by atoms with Crippen molar-refractivity contribution in [2.75, 3.05) is 27.4 Å². The topological polar surface area (TPSA) is 38.8 Å². The SMILES string of the molecule is COCCN(C(C)C1CC1)C(C)C(C)C(=O)OC. The van der Waals surface area contributed by atoms with E-state index in [4.69, 9.17) is 9.47 Å². The molecule has 0 amide bonds. The molecule has 1 saturated carbocycles. The van der Waals surface area contributed by atoms with Crippen molar-refractivity contribution >= 4 is 5.97 Å². The second kappa shape index (κ2) is 7.10. The molecule has 0 aromatic rings. The van der Waals surface area contributed by atoms with Gasteiger partial charge < -0.3 is 9.47 Å². The molecule has 0 saturated heterocycles. The average molecular weight is 257 g/mol. The quantitative estimate of drug-likeness (QED) is 0.623. The molecule has 1 aliphatic carbocycles. The summed E-state index contributed by atoms with van der Waals surface area (Å²) in [5, 5.41) is 0. The number of rotatable bonds is 8. The molecule has 0 spiro atoms. The number of esters is 1. The third kappa shape index (κ3) is 3.95. The molecular formula is C14H27NO3. The van der Waals surface area contributed by atoms with Crippen molar-refractivity contribution in [2.24, 2.45) is 11.8 Å². The summed E-state index contributed by atoms with van der Waals surface area (Å²) in [5.74, 6) is 0.551. The van der Waals surface area contributed by atoms with Gasteiger partial charge in [-0.25, -0.2) is 0 Å². The monoisotopic (exact) mass is 257 g/mol. The van der Waals surface area contributed by atoms with Gasteiger partial charge in [0.15, 0.2) is 0 Å². The van der Waals surface area contributed by atoms with Crippen LogP contribution in [-0.4, -0.2) is 50.3 Å². The molecule has 0 aromatic heterocycles. The minimum Gasteiger partial charge on any atom is -0.469 e. The lowest BCUT2D eigenvalue weighted by atomic mass is 9.99. The number of hydrogen-bond donors (Lipinski definition) is 0. The number of hydrogen-bond acceptors (Lipinski definition) is 4. The molecule has 0 bridgehead atoms. The second-order valence-corrected chi connectivity index (χ2v) is 5.36. The van der Waals surface area contributed by atoms with Crippen molar-refractivity contribution in [1.29, 1.82) is 0 Å². The normalized spacial score (nSPS) is 20.6. The highest BCUT2D eigenvalue weighted by Crippen LogP contribution is 2.36. The Morgan fingerprint density at radius 1 is 1.28 bits per heavy atom. The van der Waals surface area contributed by atoms with Gasteiger partial charge in [-0.1, -0.05) is 6.92 Å². The summed E-state index contributed by atoms with van der Waals surface area (Å²) in [5.41, 5.74) is 0. The van der Waals surface area contributed by atoms with Crippen molar-refractivity contribution in [1.82, 2.24) is 4.90 Å². The van der Waals surface area contributed by atoms with E-state index in [1.54, 1.807) is 7.11 Å². The Balaban J connectivity index is 2.64. The first kappa shape index (κ1) is 15.4. The molecule has 4 nitrogen and oxygen atoms in total. The molecule has 3 atom stereocenters. The first-order chi connectivity index (χ1) is 8.52. The Morgan fingerprint density at radius 3 is 2.33 bits per heavy atom. The molecule has 18 heavy (non-hydrogen) atoms. The summed E-state index contributed by atoms with van der Waals surface area (Å²) >= 11 is 0. The first-order valence-corrected chi connectivity index (χ1v) is 6.85. The lowest BCUT2D eigenvalue weighted by molar-refractivity contribution is -0.147. The molecule has 1 fully saturated rings. The maximum atomic E-state index is 11.7. The predicted octanol–water partition coefficient (Wildman–Crippen LogP) is 1.93. The van der Waals surface area contributed by atoms with Crippen LogP contribution in [0.4, 0.5) is 0 Å². The summed E-state index contributed by atoms with van der Waals surface area (Å²) in [4.78, 5) is 14.1. The molecule has 0 aromatic carbocycles. The highest BCUT2D eigenvalue weighted by Gasteiger charge is 2.36. The van der Waals surface area contributed by atoms with E-state index in [9.17, 15) is 4.79 Å². The zero-order chi connectivity index (χ0) is 13.7. The van der Waals surface area contributed by atoms with Crippen molar-refractivity contribution in [2.45, 2.75) is 45.7 Å². The van der Waals surface area contributed by atoms with Gasteiger partial charge in [-0.3, -0.25) is 9.69 Å². The van der Waals surface area contributed by atoms with E-state index < -0.39 is 0 Å². The fourth-order valence-electron chi connectivity index (χ4n) is 2.49. The largest absolute Gasteiger partial charge is 0.469 e. The van der Waals surface area contributed by atoms with Crippen molar-refractivity contribution in [3.8, 4) is 0 Å². The van der Waals surface area contributed by atoms with Gasteiger partial charge in [0.25, 0.3) is 0 Å². The zero-order valence-corrected chi connectivity index (χ0v) is 12.3. The van der Waals surface area contributed by atoms with Gasteiger partial charge in [0.05, 0.1) is 19.6 Å². The lowest BCUT2D eigenvalue weighted by Crippen LogP contribution is -2.48. The van der Waals surface area contributed by atoms with Crippen LogP contribution in [0, 0.1) is 11.8 Å². The number of ether oxygens (including phenoxy) is 2. The van der Waals surface area contributed by atoms with Crippen LogP contribution in [0.25, 0.3) is 0 Å². The van der Waals surface area contributed by atoms with Crippen LogP contribution in [0.3, 0.4) is 0 Å². The molecule has 0 heterocycles. The summed E-state index contributed by atoms with van der Waals surface area (Å²) < 4.78 is 10.0. The van der Waals surface area contributed by atoms with Gasteiger partial charge in [-0.05, 0) is 32.6 Å². The zero-order valence-electron chi connectivity index (χ0n) is 12.3. The van der Waals surface area contributed by atoms with Gasteiger partial charge in [0, 0.05) is 25.7 Å². The summed E-state index contributed by atoms with van der Waals surface area (Å²) in [6.07, 6.45) is 2.62. The van der Waals surface area contributed by atoms with E-state index in [1.165, 1.54) is 20.0 Å². The highest BCUT2D eigenvalue weighted by atomic mass is 16.5. The van der Waals surface area contributed by atoms with Crippen LogP contribution < -0.4 is 0 Å². The summed E-state index contributed by atoms with van der Waals surface area (Å²) in [7, 11) is 3.17. The van der Waals surface area contributed by atoms with Gasteiger partial charge in [0.1, 0.15) is 0 Å². The number of carbonyl (C=O) groups is 1. The molecule has 1 aliphatic rings. The molecule has 4 heteroatoms. The van der Waals surface area contributed by atoms with E-state index in [2.05, 4.69) is 18.7 Å². The van der Waals surface area contributed by atoms with Crippen molar-refractivity contribution < 1.29 is 14.3 Å². The molecule has 0 aliphatic heterocycles. The van der Waals surface area contributed by atoms with Gasteiger partial charge in [0.2, 0.25) is 0 Å². The second-order valence-electron chi connectivity index (χ2n) is 5.36. The van der Waals surface area contributed by atoms with E-state index in [1.807, 2.05) is 6.92 Å². The maximum Gasteiger partial charge on any atom is 0.309 e. The smallest absolute Gasteiger partial charge is 0.309 e. The van der Waals surface area contributed by atoms with Gasteiger partial charge in [-0.2, -0.15) is 0 Å². The van der Waals surface area contributed by atoms with E-state index in [-0.39, 0.29) is 17.9 Å². The Hall–Kier alpha value is -0.610. The number of nitrogens with zero attached hydrogens (tertiary/aromatic N) is 1. The fraction of sp³-hybridized carbons (Fsp3) is 0.929. The molecule has 0 N–H and O–H groups in total. The Morgan fingerprint density at radius 2 is 1.89 bits per heavy atom. The van der Waals surface area contributed by atoms with Gasteiger partial charge >= 0.3 is 5.97 Å². The Labute approximate surface area is 111 Å². The summed E-state index contributed by atoms with van der Waals surface area (Å²) in [6, 6.07) is 0.699. The van der Waals surface area contributed by atoms with E-state index in [0.29, 0.717) is 12.6 Å². The fourth-order valence-corrected chi connectivity index (χ4v) is 2.49.